The second-order valence-corrected chi connectivity index (χ2v) is 6.77. The summed E-state index contributed by atoms with van der Waals surface area (Å²) in [4.78, 5) is 7.78. The van der Waals surface area contributed by atoms with Gasteiger partial charge in [0.2, 0.25) is 0 Å². The molecule has 1 N–H and O–H groups in total. The van der Waals surface area contributed by atoms with Gasteiger partial charge in [0.25, 0.3) is 0 Å². The van der Waals surface area contributed by atoms with E-state index < -0.39 is 12.7 Å². The van der Waals surface area contributed by atoms with E-state index in [1.54, 1.807) is 7.05 Å². The maximum absolute atomic E-state index is 12.5. The molecule has 1 heterocycles. The van der Waals surface area contributed by atoms with Gasteiger partial charge in [-0.25, -0.2) is 0 Å². The van der Waals surface area contributed by atoms with Crippen LogP contribution in [0.5, 0.6) is 0 Å². The van der Waals surface area contributed by atoms with Crippen LogP contribution >= 0.6 is 0 Å². The van der Waals surface area contributed by atoms with Crippen molar-refractivity contribution in [2.24, 2.45) is 10.9 Å². The Morgan fingerprint density at radius 2 is 2.00 bits per heavy atom. The Balaban J connectivity index is 1.79. The van der Waals surface area contributed by atoms with Crippen molar-refractivity contribution in [1.82, 2.24) is 15.1 Å². The molecule has 0 aliphatic carbocycles. The number of aliphatic imine (C=N–C) groups is 1. The molecule has 1 saturated heterocycles. The summed E-state index contributed by atoms with van der Waals surface area (Å²) in [6, 6.07) is 8.33. The maximum atomic E-state index is 12.5. The van der Waals surface area contributed by atoms with Crippen LogP contribution in [0.1, 0.15) is 17.5 Å². The number of benzene rings is 1. The van der Waals surface area contributed by atoms with Crippen molar-refractivity contribution in [3.63, 3.8) is 0 Å². The average molecular weight is 356 g/mol. The van der Waals surface area contributed by atoms with Crippen LogP contribution in [-0.4, -0.2) is 62.2 Å². The highest BCUT2D eigenvalue weighted by Crippen LogP contribution is 2.22. The fraction of sp³-hybridized carbons (Fsp3) is 0.611. The molecule has 0 bridgehead atoms. The van der Waals surface area contributed by atoms with E-state index in [0.29, 0.717) is 19.6 Å². The van der Waals surface area contributed by atoms with Crippen molar-refractivity contribution in [2.45, 2.75) is 26.1 Å². The van der Waals surface area contributed by atoms with E-state index in [1.807, 2.05) is 11.9 Å². The van der Waals surface area contributed by atoms with Crippen molar-refractivity contribution >= 4 is 5.96 Å². The summed E-state index contributed by atoms with van der Waals surface area (Å²) in [7, 11) is 3.68. The van der Waals surface area contributed by atoms with E-state index in [-0.39, 0.29) is 5.92 Å². The Kier molecular flexibility index (Phi) is 6.70. The molecule has 1 fully saturated rings. The van der Waals surface area contributed by atoms with E-state index >= 15 is 0 Å². The molecular weight excluding hydrogens is 329 g/mol. The molecule has 140 valence electrons. The lowest BCUT2D eigenvalue weighted by Gasteiger charge is -2.24. The zero-order valence-electron chi connectivity index (χ0n) is 15.1. The monoisotopic (exact) mass is 356 g/mol. The van der Waals surface area contributed by atoms with Gasteiger partial charge in [-0.15, -0.1) is 0 Å². The van der Waals surface area contributed by atoms with Gasteiger partial charge in [0.05, 0.1) is 6.54 Å². The van der Waals surface area contributed by atoms with Gasteiger partial charge in [0, 0.05) is 33.7 Å². The van der Waals surface area contributed by atoms with Crippen LogP contribution in [0.3, 0.4) is 0 Å². The number of hydrogen-bond acceptors (Lipinski definition) is 2. The van der Waals surface area contributed by atoms with E-state index in [9.17, 15) is 13.2 Å². The summed E-state index contributed by atoms with van der Waals surface area (Å²) >= 11 is 0. The summed E-state index contributed by atoms with van der Waals surface area (Å²) in [5.41, 5.74) is 2.41. The molecule has 1 aliphatic rings. The third-order valence-electron chi connectivity index (χ3n) is 4.44. The van der Waals surface area contributed by atoms with Crippen LogP contribution in [0.25, 0.3) is 0 Å². The predicted molar refractivity (Wildman–Crippen MR) is 94.6 cm³/mol. The Morgan fingerprint density at radius 3 is 2.60 bits per heavy atom. The van der Waals surface area contributed by atoms with Gasteiger partial charge in [-0.2, -0.15) is 13.2 Å². The minimum Gasteiger partial charge on any atom is -0.356 e. The molecule has 4 nitrogen and oxygen atoms in total. The minimum atomic E-state index is -4.12. The molecule has 25 heavy (non-hydrogen) atoms. The van der Waals surface area contributed by atoms with E-state index in [4.69, 9.17) is 0 Å². The summed E-state index contributed by atoms with van der Waals surface area (Å²) in [5.74, 6) is 0.974. The topological polar surface area (TPSA) is 30.9 Å². The van der Waals surface area contributed by atoms with Gasteiger partial charge in [0.1, 0.15) is 0 Å². The highest BCUT2D eigenvalue weighted by molar-refractivity contribution is 5.79. The highest BCUT2D eigenvalue weighted by Gasteiger charge is 2.34. The first-order valence-electron chi connectivity index (χ1n) is 8.53. The number of guanidine groups is 1. The number of rotatable bonds is 5. The average Bonchev–Trinajstić information content (AvgIpc) is 2.95. The van der Waals surface area contributed by atoms with Gasteiger partial charge < -0.3 is 10.2 Å². The van der Waals surface area contributed by atoms with Crippen molar-refractivity contribution in [3.05, 3.63) is 35.4 Å². The van der Waals surface area contributed by atoms with Crippen molar-refractivity contribution < 1.29 is 13.2 Å². The number of nitrogens with zero attached hydrogens (tertiary/aromatic N) is 3. The Labute approximate surface area is 147 Å². The highest BCUT2D eigenvalue weighted by atomic mass is 19.4. The second-order valence-electron chi connectivity index (χ2n) is 6.77. The molecule has 1 aliphatic heterocycles. The summed E-state index contributed by atoms with van der Waals surface area (Å²) in [5, 5.41) is 3.29. The van der Waals surface area contributed by atoms with Crippen LogP contribution < -0.4 is 5.32 Å². The molecule has 0 spiro atoms. The van der Waals surface area contributed by atoms with Gasteiger partial charge in [-0.3, -0.25) is 9.89 Å². The maximum Gasteiger partial charge on any atom is 0.401 e. The molecule has 0 amide bonds. The first-order chi connectivity index (χ1) is 11.8. The number of halogens is 3. The normalized spacial score (nSPS) is 19.3. The number of hydrogen-bond donors (Lipinski definition) is 1. The van der Waals surface area contributed by atoms with Crippen LogP contribution in [0.15, 0.2) is 29.3 Å². The first kappa shape index (κ1) is 19.6. The summed E-state index contributed by atoms with van der Waals surface area (Å²) < 4.78 is 37.4. The van der Waals surface area contributed by atoms with Crippen molar-refractivity contribution in [3.8, 4) is 0 Å². The predicted octanol–water partition coefficient (Wildman–Crippen LogP) is 2.89. The zero-order valence-corrected chi connectivity index (χ0v) is 15.1. The van der Waals surface area contributed by atoms with Gasteiger partial charge in [-0.05, 0) is 31.4 Å². The van der Waals surface area contributed by atoms with E-state index in [0.717, 1.165) is 18.9 Å². The fourth-order valence-corrected chi connectivity index (χ4v) is 3.14. The third-order valence-corrected chi connectivity index (χ3v) is 4.44. The molecule has 0 radical (unpaired) electrons. The Bertz CT molecular complexity index is 569. The van der Waals surface area contributed by atoms with Gasteiger partial charge >= 0.3 is 6.18 Å². The van der Waals surface area contributed by atoms with Gasteiger partial charge in [-0.1, -0.05) is 29.8 Å². The minimum absolute atomic E-state index is 0.215. The summed E-state index contributed by atoms with van der Waals surface area (Å²) in [6.07, 6.45) is -3.34. The van der Waals surface area contributed by atoms with Crippen LogP contribution in [0.4, 0.5) is 13.2 Å². The third kappa shape index (κ3) is 6.57. The molecule has 1 aromatic carbocycles. The summed E-state index contributed by atoms with van der Waals surface area (Å²) in [6.45, 7) is 3.59. The molecule has 0 saturated carbocycles. The number of nitrogens with one attached hydrogen (secondary N) is 1. The lowest BCUT2D eigenvalue weighted by Crippen LogP contribution is -2.41. The number of likely N-dealkylation sites (tertiary alicyclic amines) is 1. The molecule has 1 unspecified atom stereocenters. The molecular formula is C18H27F3N4. The Morgan fingerprint density at radius 1 is 1.32 bits per heavy atom. The quantitative estimate of drug-likeness (QED) is 0.650. The molecule has 0 aromatic heterocycles. The number of aryl methyl sites for hydroxylation is 1. The lowest BCUT2D eigenvalue weighted by atomic mass is 10.1. The second kappa shape index (κ2) is 8.56. The van der Waals surface area contributed by atoms with Crippen molar-refractivity contribution in [2.75, 3.05) is 40.3 Å². The largest absolute Gasteiger partial charge is 0.401 e. The lowest BCUT2D eigenvalue weighted by molar-refractivity contribution is -0.143. The number of alkyl halides is 3. The van der Waals surface area contributed by atoms with Crippen LogP contribution in [0, 0.1) is 12.8 Å². The zero-order chi connectivity index (χ0) is 18.4. The Hall–Kier alpha value is -1.76. The van der Waals surface area contributed by atoms with Crippen LogP contribution in [0.2, 0.25) is 0 Å². The molecule has 1 aromatic rings. The molecule has 1 atom stereocenters. The van der Waals surface area contributed by atoms with Gasteiger partial charge in [0.15, 0.2) is 5.96 Å². The molecule has 2 rings (SSSR count). The SMILES string of the molecule is CN=C(NCC1CCN(CC(F)(F)F)C1)N(C)Cc1ccc(C)cc1. The standard InChI is InChI=1S/C18H27F3N4/c1-14-4-6-15(7-5-14)11-24(3)17(22-2)23-10-16-8-9-25(12-16)13-18(19,20)21/h4-7,16H,8-13H2,1-3H3,(H,22,23). The van der Waals surface area contributed by atoms with E-state index in [2.05, 4.69) is 41.5 Å². The fourth-order valence-electron chi connectivity index (χ4n) is 3.14. The van der Waals surface area contributed by atoms with Crippen LogP contribution in [-0.2, 0) is 6.54 Å². The first-order valence-corrected chi connectivity index (χ1v) is 8.53. The molecule has 7 heteroatoms. The van der Waals surface area contributed by atoms with E-state index in [1.165, 1.54) is 16.0 Å². The smallest absolute Gasteiger partial charge is 0.356 e. The van der Waals surface area contributed by atoms with Crippen molar-refractivity contribution in [1.29, 1.82) is 0 Å².